The van der Waals surface area contributed by atoms with E-state index in [-0.39, 0.29) is 0 Å². The fourth-order valence-corrected chi connectivity index (χ4v) is 11.4. The van der Waals surface area contributed by atoms with Gasteiger partial charge in [-0.25, -0.2) is 18.3 Å². The smallest absolute Gasteiger partial charge is 0.201 e. The first-order valence-electron chi connectivity index (χ1n) is 31.4. The molecule has 0 N–H and O–H groups in total. The Morgan fingerprint density at radius 1 is 0.236 bits per heavy atom. The first kappa shape index (κ1) is 63.9. The van der Waals surface area contributed by atoms with Crippen LogP contribution in [0.5, 0.6) is 0 Å². The van der Waals surface area contributed by atoms with Crippen LogP contribution in [-0.2, 0) is 28.2 Å². The molecule has 4 heterocycles. The monoisotopic (exact) mass is 1170 g/mol. The Balaban J connectivity index is 0.000000141. The summed E-state index contributed by atoms with van der Waals surface area (Å²) < 4.78 is 8.86. The van der Waals surface area contributed by atoms with E-state index in [2.05, 4.69) is 384 Å². The van der Waals surface area contributed by atoms with E-state index in [0.29, 0.717) is 11.8 Å². The quantitative estimate of drug-likeness (QED) is 0.121. The minimum absolute atomic E-state index is 0.535. The van der Waals surface area contributed by atoms with Crippen molar-refractivity contribution >= 4 is 0 Å². The zero-order chi connectivity index (χ0) is 63.3. The van der Waals surface area contributed by atoms with Gasteiger partial charge in [-0.1, -0.05) is 198 Å². The van der Waals surface area contributed by atoms with Crippen LogP contribution in [0.2, 0.25) is 0 Å². The van der Waals surface area contributed by atoms with Crippen molar-refractivity contribution in [1.29, 1.82) is 0 Å². The number of pyridine rings is 4. The molecule has 12 rings (SSSR count). The van der Waals surface area contributed by atoms with Crippen LogP contribution in [0.15, 0.2) is 261 Å². The lowest BCUT2D eigenvalue weighted by molar-refractivity contribution is -0.661. The molecule has 4 heteroatoms. The number of aromatic nitrogens is 4. The number of aryl methyl sites for hydroxylation is 11. The average molecular weight is 1170 g/mol. The molecule has 12 aromatic rings. The van der Waals surface area contributed by atoms with Crippen molar-refractivity contribution in [3.8, 4) is 89.5 Å². The van der Waals surface area contributed by atoms with Crippen LogP contribution in [0.3, 0.4) is 0 Å². The van der Waals surface area contributed by atoms with Gasteiger partial charge in [-0.2, -0.15) is 0 Å². The van der Waals surface area contributed by atoms with Gasteiger partial charge < -0.3 is 0 Å². The van der Waals surface area contributed by atoms with E-state index >= 15 is 0 Å². The Morgan fingerprint density at radius 2 is 0.573 bits per heavy atom. The molecule has 0 aliphatic rings. The van der Waals surface area contributed by atoms with Crippen molar-refractivity contribution < 1.29 is 18.3 Å². The minimum atomic E-state index is 0.535. The SMILES string of the molecule is Cc1cc(-c2cc(-c3ccccc3)ccc2C)[n+](C)cc1C.Cc1cc[n+](C)c(-c2cc(-c3ccccc3)ccc2C)c1.Cc1ccc(-c2ccccc2)cc1-c1cc(C(C)C)cc[n+]1C.Cc1ccc(-c2ccccc2)cc1-c1ccc(C(C)C)c[n+]1C. The zero-order valence-corrected chi connectivity index (χ0v) is 55.3. The maximum atomic E-state index is 2.32. The molecule has 0 aliphatic heterocycles. The highest BCUT2D eigenvalue weighted by molar-refractivity contribution is 5.76. The number of nitrogens with zero attached hydrogens (tertiary/aromatic N) is 4. The summed E-state index contributed by atoms with van der Waals surface area (Å²) in [4.78, 5) is 0. The van der Waals surface area contributed by atoms with Crippen LogP contribution < -0.4 is 18.3 Å². The lowest BCUT2D eigenvalue weighted by atomic mass is 9.95. The van der Waals surface area contributed by atoms with Crippen molar-refractivity contribution in [2.45, 2.75) is 88.0 Å². The predicted molar refractivity (Wildman–Crippen MR) is 375 cm³/mol. The topological polar surface area (TPSA) is 15.5 Å². The Bertz CT molecular complexity index is 4350. The Kier molecular flexibility index (Phi) is 21.1. The van der Waals surface area contributed by atoms with Gasteiger partial charge in [0.25, 0.3) is 0 Å². The molecule has 0 bridgehead atoms. The molecular formula is C85H90N4+4. The second-order valence-corrected chi connectivity index (χ2v) is 24.6. The van der Waals surface area contributed by atoms with Crippen molar-refractivity contribution in [1.82, 2.24) is 0 Å². The largest absolute Gasteiger partial charge is 0.212 e. The van der Waals surface area contributed by atoms with Crippen molar-refractivity contribution in [2.75, 3.05) is 0 Å². The van der Waals surface area contributed by atoms with Gasteiger partial charge in [-0.3, -0.25) is 0 Å². The number of rotatable bonds is 10. The molecule has 89 heavy (non-hydrogen) atoms. The summed E-state index contributed by atoms with van der Waals surface area (Å²) in [5.41, 5.74) is 32.2. The summed E-state index contributed by atoms with van der Waals surface area (Å²) >= 11 is 0. The molecule has 8 aromatic carbocycles. The molecule has 0 radical (unpaired) electrons. The maximum Gasteiger partial charge on any atom is 0.212 e. The highest BCUT2D eigenvalue weighted by Crippen LogP contribution is 2.33. The third-order valence-electron chi connectivity index (χ3n) is 17.2. The van der Waals surface area contributed by atoms with E-state index in [4.69, 9.17) is 0 Å². The summed E-state index contributed by atoms with van der Waals surface area (Å²) in [5.74, 6) is 1.08. The molecule has 4 aromatic heterocycles. The van der Waals surface area contributed by atoms with Crippen LogP contribution in [0, 0.1) is 48.5 Å². The van der Waals surface area contributed by atoms with Crippen LogP contribution in [0.4, 0.5) is 0 Å². The van der Waals surface area contributed by atoms with E-state index in [1.807, 2.05) is 0 Å². The minimum Gasteiger partial charge on any atom is -0.201 e. The molecule has 0 unspecified atom stereocenters. The van der Waals surface area contributed by atoms with Crippen molar-refractivity contribution in [3.63, 3.8) is 0 Å². The molecule has 4 nitrogen and oxygen atoms in total. The Morgan fingerprint density at radius 3 is 0.944 bits per heavy atom. The van der Waals surface area contributed by atoms with Crippen LogP contribution >= 0.6 is 0 Å². The second kappa shape index (κ2) is 29.4. The lowest BCUT2D eigenvalue weighted by Gasteiger charge is -2.11. The van der Waals surface area contributed by atoms with Gasteiger partial charge in [0.1, 0.15) is 28.2 Å². The highest BCUT2D eigenvalue weighted by Gasteiger charge is 2.20. The van der Waals surface area contributed by atoms with Gasteiger partial charge in [-0.15, -0.1) is 0 Å². The number of hydrogen-bond acceptors (Lipinski definition) is 0. The Hall–Kier alpha value is -9.64. The molecule has 446 valence electrons. The van der Waals surface area contributed by atoms with Crippen molar-refractivity contribution in [3.05, 3.63) is 311 Å². The Labute approximate surface area is 532 Å². The first-order chi connectivity index (χ1) is 42.8. The van der Waals surface area contributed by atoms with Crippen LogP contribution in [0.25, 0.3) is 89.5 Å². The summed E-state index contributed by atoms with van der Waals surface area (Å²) in [5, 5.41) is 0. The fourth-order valence-electron chi connectivity index (χ4n) is 11.4. The van der Waals surface area contributed by atoms with Gasteiger partial charge in [0.2, 0.25) is 22.8 Å². The molecule has 0 aliphatic carbocycles. The standard InChI is InChI=1S/2C22H24N.C21H22N.C20H20N/c1-16(2)19-12-13-23(4)22(15-19)21-14-20(11-10-17(21)3)18-8-6-5-7-9-18;1-16(2)20-12-13-22(23(4)15-20)21-14-19(11-10-17(21)3)18-8-6-5-7-9-18;1-15-10-11-19(18-8-6-5-7-9-18)13-20(15)21-12-16(2)17(3)14-22(21)4;1-15-11-12-21(3)20(13-15)19-14-18(10-9-16(19)2)17-7-5-4-6-8-17/h2*5-16H,1-4H3;5-14H,1-4H3;4-14H,1-3H3/q4*+1. The van der Waals surface area contributed by atoms with Crippen LogP contribution in [0.1, 0.15) is 89.6 Å². The van der Waals surface area contributed by atoms with Gasteiger partial charge in [-0.05, 0) is 174 Å². The zero-order valence-electron chi connectivity index (χ0n) is 55.3. The number of hydrogen-bond donors (Lipinski definition) is 0. The normalized spacial score (nSPS) is 10.8. The van der Waals surface area contributed by atoms with E-state index in [0.717, 1.165) is 0 Å². The van der Waals surface area contributed by atoms with E-state index < -0.39 is 0 Å². The van der Waals surface area contributed by atoms with Gasteiger partial charge >= 0.3 is 0 Å². The van der Waals surface area contributed by atoms with Crippen molar-refractivity contribution in [2.24, 2.45) is 28.2 Å². The predicted octanol–water partition coefficient (Wildman–Crippen LogP) is 19.8. The van der Waals surface area contributed by atoms with Gasteiger partial charge in [0, 0.05) is 69.8 Å². The summed E-state index contributed by atoms with van der Waals surface area (Å²) in [6, 6.07) is 84.8. The molecule has 0 spiro atoms. The third-order valence-corrected chi connectivity index (χ3v) is 17.2. The number of benzene rings is 8. The van der Waals surface area contributed by atoms with Gasteiger partial charge in [0.15, 0.2) is 24.8 Å². The maximum absolute atomic E-state index is 2.32. The van der Waals surface area contributed by atoms with E-state index in [9.17, 15) is 0 Å². The molecule has 0 saturated carbocycles. The van der Waals surface area contributed by atoms with Gasteiger partial charge in [0.05, 0.1) is 0 Å². The molecule has 0 atom stereocenters. The summed E-state index contributed by atoms with van der Waals surface area (Å²) in [6.07, 6.45) is 8.74. The molecule has 0 amide bonds. The molecule has 0 saturated heterocycles. The van der Waals surface area contributed by atoms with E-state index in [1.165, 1.54) is 140 Å². The average Bonchev–Trinajstić information content (AvgIpc) is 3.60. The first-order valence-corrected chi connectivity index (χ1v) is 31.4. The third kappa shape index (κ3) is 15.9. The lowest BCUT2D eigenvalue weighted by Crippen LogP contribution is -2.31. The molecule has 0 fully saturated rings. The highest BCUT2D eigenvalue weighted by atomic mass is 14.9. The summed E-state index contributed by atoms with van der Waals surface area (Å²) in [7, 11) is 8.48. The summed E-state index contributed by atoms with van der Waals surface area (Å²) in [6.45, 7) is 24.1. The molecular weight excluding hydrogens is 1080 g/mol. The second-order valence-electron chi connectivity index (χ2n) is 24.6. The van der Waals surface area contributed by atoms with E-state index in [1.54, 1.807) is 0 Å². The van der Waals surface area contributed by atoms with Crippen LogP contribution in [-0.4, -0.2) is 0 Å². The fraction of sp³-hybridized carbons (Fsp3) is 0.200.